The van der Waals surface area contributed by atoms with E-state index in [0.717, 1.165) is 5.56 Å². The molecule has 1 saturated heterocycles. The summed E-state index contributed by atoms with van der Waals surface area (Å²) >= 11 is 0. The third-order valence-electron chi connectivity index (χ3n) is 3.57. The predicted molar refractivity (Wildman–Crippen MR) is 77.4 cm³/mol. The number of hydrogen-bond donors (Lipinski definition) is 1. The van der Waals surface area contributed by atoms with E-state index < -0.39 is 10.0 Å². The van der Waals surface area contributed by atoms with Gasteiger partial charge in [0.1, 0.15) is 0 Å². The summed E-state index contributed by atoms with van der Waals surface area (Å²) in [5.74, 6) is 0. The van der Waals surface area contributed by atoms with Gasteiger partial charge >= 0.3 is 0 Å². The van der Waals surface area contributed by atoms with Crippen molar-refractivity contribution in [1.29, 1.82) is 0 Å². The highest BCUT2D eigenvalue weighted by atomic mass is 32.2. The SMILES string of the molecule is CNCc1ccc(S(=O)(=O)N2CC(OC)C(OC)C2)nc1. The number of sulfonamides is 1. The number of aromatic nitrogens is 1. The second-order valence-corrected chi connectivity index (χ2v) is 6.79. The third-order valence-corrected chi connectivity index (χ3v) is 5.32. The number of rotatable bonds is 6. The van der Waals surface area contributed by atoms with E-state index in [1.165, 1.54) is 10.4 Å². The van der Waals surface area contributed by atoms with Crippen LogP contribution in [0.5, 0.6) is 0 Å². The fourth-order valence-electron chi connectivity index (χ4n) is 2.36. The Morgan fingerprint density at radius 2 is 1.90 bits per heavy atom. The fraction of sp³-hybridized carbons (Fsp3) is 0.615. The average Bonchev–Trinajstić information content (AvgIpc) is 2.92. The Balaban J connectivity index is 2.18. The van der Waals surface area contributed by atoms with Crippen LogP contribution in [-0.2, 0) is 26.0 Å². The molecular weight excluding hydrogens is 294 g/mol. The van der Waals surface area contributed by atoms with Gasteiger partial charge in [-0.3, -0.25) is 0 Å². The number of ether oxygens (including phenoxy) is 2. The van der Waals surface area contributed by atoms with Gasteiger partial charge in [-0.05, 0) is 18.7 Å². The molecule has 1 aromatic heterocycles. The van der Waals surface area contributed by atoms with Crippen LogP contribution in [0.1, 0.15) is 5.56 Å². The van der Waals surface area contributed by atoms with E-state index in [1.54, 1.807) is 26.5 Å². The van der Waals surface area contributed by atoms with Crippen molar-refractivity contribution >= 4 is 10.0 Å². The maximum absolute atomic E-state index is 12.6. The summed E-state index contributed by atoms with van der Waals surface area (Å²) in [5, 5.41) is 3.04. The monoisotopic (exact) mass is 315 g/mol. The Hall–Kier alpha value is -1.06. The van der Waals surface area contributed by atoms with Crippen molar-refractivity contribution in [1.82, 2.24) is 14.6 Å². The molecule has 2 heterocycles. The van der Waals surface area contributed by atoms with Crippen molar-refractivity contribution < 1.29 is 17.9 Å². The van der Waals surface area contributed by atoms with Gasteiger partial charge in [0.2, 0.25) is 0 Å². The smallest absolute Gasteiger partial charge is 0.260 e. The van der Waals surface area contributed by atoms with Crippen LogP contribution in [0.4, 0.5) is 0 Å². The highest BCUT2D eigenvalue weighted by molar-refractivity contribution is 7.89. The van der Waals surface area contributed by atoms with E-state index in [4.69, 9.17) is 9.47 Å². The zero-order valence-electron chi connectivity index (χ0n) is 12.4. The summed E-state index contributed by atoms with van der Waals surface area (Å²) < 4.78 is 37.0. The van der Waals surface area contributed by atoms with Gasteiger partial charge in [0.15, 0.2) is 5.03 Å². The zero-order chi connectivity index (χ0) is 15.5. The van der Waals surface area contributed by atoms with Crippen LogP contribution in [-0.4, -0.2) is 64.3 Å². The Labute approximate surface area is 125 Å². The molecule has 8 heteroatoms. The molecule has 1 aromatic rings. The Bertz CT molecular complexity index is 549. The van der Waals surface area contributed by atoms with Gasteiger partial charge in [0.05, 0.1) is 12.2 Å². The van der Waals surface area contributed by atoms with Gasteiger partial charge in [0, 0.05) is 40.1 Å². The van der Waals surface area contributed by atoms with E-state index in [9.17, 15) is 8.42 Å². The molecule has 1 fully saturated rings. The molecule has 1 N–H and O–H groups in total. The van der Waals surface area contributed by atoms with Crippen molar-refractivity contribution in [3.05, 3.63) is 23.9 Å². The van der Waals surface area contributed by atoms with Crippen LogP contribution in [0.2, 0.25) is 0 Å². The molecule has 0 radical (unpaired) electrons. The summed E-state index contributed by atoms with van der Waals surface area (Å²) in [7, 11) is 1.32. The molecule has 2 unspecified atom stereocenters. The molecule has 1 aliphatic heterocycles. The molecule has 0 aromatic carbocycles. The molecule has 118 valence electrons. The molecule has 2 rings (SSSR count). The Morgan fingerprint density at radius 1 is 1.29 bits per heavy atom. The van der Waals surface area contributed by atoms with Crippen LogP contribution >= 0.6 is 0 Å². The van der Waals surface area contributed by atoms with E-state index in [1.807, 2.05) is 7.05 Å². The lowest BCUT2D eigenvalue weighted by molar-refractivity contribution is -0.00461. The van der Waals surface area contributed by atoms with E-state index in [2.05, 4.69) is 10.3 Å². The van der Waals surface area contributed by atoms with Crippen LogP contribution in [0, 0.1) is 0 Å². The molecule has 0 saturated carbocycles. The predicted octanol–water partition coefficient (Wildman–Crippen LogP) is -0.165. The van der Waals surface area contributed by atoms with Crippen LogP contribution in [0.15, 0.2) is 23.4 Å². The van der Waals surface area contributed by atoms with Crippen molar-refractivity contribution in [2.24, 2.45) is 0 Å². The van der Waals surface area contributed by atoms with Gasteiger partial charge in [-0.15, -0.1) is 0 Å². The lowest BCUT2D eigenvalue weighted by Crippen LogP contribution is -2.30. The first kappa shape index (κ1) is 16.3. The third kappa shape index (κ3) is 3.41. The summed E-state index contributed by atoms with van der Waals surface area (Å²) in [5.41, 5.74) is 0.933. The van der Waals surface area contributed by atoms with Crippen LogP contribution in [0.25, 0.3) is 0 Å². The molecule has 2 atom stereocenters. The quantitative estimate of drug-likeness (QED) is 0.785. The van der Waals surface area contributed by atoms with E-state index in [0.29, 0.717) is 6.54 Å². The summed E-state index contributed by atoms with van der Waals surface area (Å²) in [6.07, 6.45) is 1.06. The summed E-state index contributed by atoms with van der Waals surface area (Å²) in [6.45, 7) is 1.20. The molecule has 0 amide bonds. The maximum Gasteiger partial charge on any atom is 0.260 e. The van der Waals surface area contributed by atoms with Gasteiger partial charge < -0.3 is 14.8 Å². The minimum atomic E-state index is -3.61. The summed E-state index contributed by atoms with van der Waals surface area (Å²) in [6, 6.07) is 3.29. The second kappa shape index (κ2) is 6.80. The van der Waals surface area contributed by atoms with E-state index in [-0.39, 0.29) is 30.3 Å². The highest BCUT2D eigenvalue weighted by Gasteiger charge is 2.40. The van der Waals surface area contributed by atoms with Crippen molar-refractivity contribution in [3.8, 4) is 0 Å². The van der Waals surface area contributed by atoms with Crippen molar-refractivity contribution in [2.45, 2.75) is 23.8 Å². The van der Waals surface area contributed by atoms with E-state index >= 15 is 0 Å². The van der Waals surface area contributed by atoms with Crippen LogP contribution < -0.4 is 5.32 Å². The lowest BCUT2D eigenvalue weighted by Gasteiger charge is -2.15. The molecular formula is C13H21N3O4S. The lowest BCUT2D eigenvalue weighted by atomic mass is 10.3. The van der Waals surface area contributed by atoms with Gasteiger partial charge in [-0.25, -0.2) is 13.4 Å². The minimum absolute atomic E-state index is 0.0500. The second-order valence-electron chi connectivity index (χ2n) is 4.91. The molecule has 0 bridgehead atoms. The highest BCUT2D eigenvalue weighted by Crippen LogP contribution is 2.23. The molecule has 1 aliphatic rings. The number of hydrogen-bond acceptors (Lipinski definition) is 6. The normalized spacial score (nSPS) is 23.6. The number of methoxy groups -OCH3 is 2. The molecule has 21 heavy (non-hydrogen) atoms. The number of pyridine rings is 1. The first-order valence-corrected chi connectivity index (χ1v) is 8.12. The van der Waals surface area contributed by atoms with Gasteiger partial charge in [0.25, 0.3) is 10.0 Å². The molecule has 7 nitrogen and oxygen atoms in total. The zero-order valence-corrected chi connectivity index (χ0v) is 13.3. The summed E-state index contributed by atoms with van der Waals surface area (Å²) in [4.78, 5) is 4.06. The van der Waals surface area contributed by atoms with Crippen molar-refractivity contribution in [2.75, 3.05) is 34.4 Å². The maximum atomic E-state index is 12.6. The van der Waals surface area contributed by atoms with Crippen molar-refractivity contribution in [3.63, 3.8) is 0 Å². The first-order chi connectivity index (χ1) is 10.0. The minimum Gasteiger partial charge on any atom is -0.377 e. The fourth-order valence-corrected chi connectivity index (χ4v) is 3.74. The largest absolute Gasteiger partial charge is 0.377 e. The number of nitrogens with zero attached hydrogens (tertiary/aromatic N) is 2. The standard InChI is InChI=1S/C13H21N3O4S/c1-14-6-10-4-5-13(15-7-10)21(17,18)16-8-11(19-2)12(9-16)20-3/h4-5,7,11-12,14H,6,8-9H2,1-3H3. The van der Waals surface area contributed by atoms with Crippen LogP contribution in [0.3, 0.4) is 0 Å². The average molecular weight is 315 g/mol. The van der Waals surface area contributed by atoms with Gasteiger partial charge in [-0.1, -0.05) is 6.07 Å². The Kier molecular flexibility index (Phi) is 5.28. The first-order valence-electron chi connectivity index (χ1n) is 6.68. The topological polar surface area (TPSA) is 80.8 Å². The number of nitrogens with one attached hydrogen (secondary N) is 1. The Morgan fingerprint density at radius 3 is 2.33 bits per heavy atom. The molecule has 0 aliphatic carbocycles. The molecule has 0 spiro atoms. The van der Waals surface area contributed by atoms with Gasteiger partial charge in [-0.2, -0.15) is 4.31 Å².